The van der Waals surface area contributed by atoms with Crippen molar-refractivity contribution in [3.63, 3.8) is 0 Å². The van der Waals surface area contributed by atoms with Gasteiger partial charge in [0.25, 0.3) is 0 Å². The first-order valence-corrected chi connectivity index (χ1v) is 5.89. The monoisotopic (exact) mass is 236 g/mol. The van der Waals surface area contributed by atoms with Crippen molar-refractivity contribution in [2.24, 2.45) is 11.3 Å². The van der Waals surface area contributed by atoms with E-state index in [0.717, 1.165) is 4.57 Å². The van der Waals surface area contributed by atoms with Gasteiger partial charge in [0.2, 0.25) is 0 Å². The van der Waals surface area contributed by atoms with Crippen molar-refractivity contribution in [1.29, 1.82) is 0 Å². The third-order valence-corrected chi connectivity index (χ3v) is 3.25. The van der Waals surface area contributed by atoms with Crippen molar-refractivity contribution in [3.05, 3.63) is 0 Å². The zero-order valence-corrected chi connectivity index (χ0v) is 10.5. The van der Waals surface area contributed by atoms with Crippen LogP contribution >= 0.6 is 0 Å². The van der Waals surface area contributed by atoms with Gasteiger partial charge in [-0.3, -0.25) is 0 Å². The molecule has 1 unspecified atom stereocenters. The number of aliphatic hydroxyl groups excluding tert-OH is 1. The van der Waals surface area contributed by atoms with Crippen LogP contribution in [0.1, 0.15) is 40.0 Å². The molecule has 1 aliphatic rings. The van der Waals surface area contributed by atoms with Crippen LogP contribution in [0.2, 0.25) is 0 Å². The van der Waals surface area contributed by atoms with Crippen LogP contribution in [0, 0.1) is 11.3 Å². The van der Waals surface area contributed by atoms with E-state index >= 15 is 0 Å². The predicted molar refractivity (Wildman–Crippen MR) is 53.8 cm³/mol. The first-order chi connectivity index (χ1) is 6.41. The average Bonchev–Trinajstić information content (AvgIpc) is 2.84. The van der Waals surface area contributed by atoms with Gasteiger partial charge in [-0.05, 0) is 0 Å². The number of aliphatic hydroxyl groups is 1. The molecule has 1 aliphatic carbocycles. The first-order valence-electron chi connectivity index (χ1n) is 5.26. The van der Waals surface area contributed by atoms with Crippen LogP contribution in [0.4, 0.5) is 0 Å². The van der Waals surface area contributed by atoms with E-state index in [9.17, 15) is 5.11 Å². The van der Waals surface area contributed by atoms with Gasteiger partial charge >= 0.3 is 94.3 Å². The Balaban J connectivity index is 2.11. The third kappa shape index (κ3) is 4.23. The van der Waals surface area contributed by atoms with E-state index in [1.54, 1.807) is 0 Å². The van der Waals surface area contributed by atoms with Crippen LogP contribution in [0.15, 0.2) is 0 Å². The zero-order valence-electron chi connectivity index (χ0n) is 9.25. The molecule has 0 aromatic heterocycles. The van der Waals surface area contributed by atoms with E-state index in [4.69, 9.17) is 4.74 Å². The van der Waals surface area contributed by atoms with Crippen LogP contribution < -0.4 is 0 Å². The Bertz CT molecular complexity index is 204. The van der Waals surface area contributed by atoms with Gasteiger partial charge in [0.15, 0.2) is 0 Å². The molecule has 1 fully saturated rings. The Kier molecular flexibility index (Phi) is 4.34. The molecule has 1 rings (SSSR count). The molecule has 0 aromatic rings. The van der Waals surface area contributed by atoms with E-state index in [1.165, 1.54) is 12.8 Å². The molecular weight excluding hydrogens is 216 g/mol. The van der Waals surface area contributed by atoms with Crippen molar-refractivity contribution >= 4 is 4.57 Å². The summed E-state index contributed by atoms with van der Waals surface area (Å²) in [6, 6.07) is 0. The second kappa shape index (κ2) is 4.90. The van der Waals surface area contributed by atoms with Crippen molar-refractivity contribution in [2.75, 3.05) is 6.61 Å². The Morgan fingerprint density at radius 1 is 1.50 bits per heavy atom. The normalized spacial score (nSPS) is 19.4. The summed E-state index contributed by atoms with van der Waals surface area (Å²) in [6.07, 6.45) is 2.94. The molecule has 0 aromatic carbocycles. The van der Waals surface area contributed by atoms with E-state index in [2.05, 4.69) is 15.9 Å². The van der Waals surface area contributed by atoms with Gasteiger partial charge in [0.05, 0.1) is 0 Å². The van der Waals surface area contributed by atoms with Crippen LogP contribution in [0.3, 0.4) is 0 Å². The van der Waals surface area contributed by atoms with Crippen molar-refractivity contribution in [2.45, 2.75) is 46.1 Å². The molecular formula is C11H20CrO2. The van der Waals surface area contributed by atoms with E-state index in [1.807, 2.05) is 20.8 Å². The fourth-order valence-corrected chi connectivity index (χ4v) is 1.64. The van der Waals surface area contributed by atoms with E-state index < -0.39 is 0 Å². The molecule has 0 heterocycles. The molecule has 1 saturated carbocycles. The van der Waals surface area contributed by atoms with Crippen molar-refractivity contribution < 1.29 is 25.7 Å². The van der Waals surface area contributed by atoms with Gasteiger partial charge in [0, 0.05) is 0 Å². The summed E-state index contributed by atoms with van der Waals surface area (Å²) >= 11 is 2.96. The van der Waals surface area contributed by atoms with Gasteiger partial charge in [-0.2, -0.15) is 0 Å². The molecule has 1 atom stereocenters. The predicted octanol–water partition coefficient (Wildman–Crippen LogP) is 1.89. The summed E-state index contributed by atoms with van der Waals surface area (Å²) in [5, 5.41) is 9.75. The van der Waals surface area contributed by atoms with E-state index in [-0.39, 0.29) is 11.5 Å². The van der Waals surface area contributed by atoms with Crippen molar-refractivity contribution in [3.8, 4) is 0 Å². The number of rotatable bonds is 5. The average molecular weight is 236 g/mol. The summed E-state index contributed by atoms with van der Waals surface area (Å²) in [4.78, 5) is 0. The molecule has 2 nitrogen and oxygen atoms in total. The molecule has 0 saturated heterocycles. The summed E-state index contributed by atoms with van der Waals surface area (Å²) in [5.41, 5.74) is -0.0411. The van der Waals surface area contributed by atoms with Gasteiger partial charge in [-0.25, -0.2) is 0 Å². The quantitative estimate of drug-likeness (QED) is 0.790. The van der Waals surface area contributed by atoms with Gasteiger partial charge < -0.3 is 0 Å². The van der Waals surface area contributed by atoms with E-state index in [0.29, 0.717) is 18.9 Å². The Morgan fingerprint density at radius 3 is 2.50 bits per heavy atom. The molecule has 0 bridgehead atoms. The summed E-state index contributed by atoms with van der Waals surface area (Å²) in [5.74, 6) is 0.654. The maximum atomic E-state index is 9.75. The fourth-order valence-electron chi connectivity index (χ4n) is 1.14. The maximum absolute atomic E-state index is 9.75. The molecule has 3 heteroatoms. The minimum absolute atomic E-state index is 0.0411. The zero-order chi connectivity index (χ0) is 10.8. The molecule has 0 aliphatic heterocycles. The number of hydrogen-bond donors (Lipinski definition) is 1. The van der Waals surface area contributed by atoms with Gasteiger partial charge in [-0.1, -0.05) is 0 Å². The van der Waals surface area contributed by atoms with Gasteiger partial charge in [-0.15, -0.1) is 0 Å². The molecule has 1 N–H and O–H groups in total. The van der Waals surface area contributed by atoms with Crippen LogP contribution in [-0.4, -0.2) is 22.4 Å². The number of hydrogen-bond acceptors (Lipinski definition) is 2. The Labute approximate surface area is 94.6 Å². The second-order valence-electron chi connectivity index (χ2n) is 5.11. The molecule has 82 valence electrons. The Morgan fingerprint density at radius 2 is 2.07 bits per heavy atom. The molecule has 0 amide bonds. The van der Waals surface area contributed by atoms with Gasteiger partial charge in [0.1, 0.15) is 0 Å². The molecule has 0 radical (unpaired) electrons. The van der Waals surface area contributed by atoms with Crippen molar-refractivity contribution in [1.82, 2.24) is 0 Å². The van der Waals surface area contributed by atoms with Crippen LogP contribution in [-0.2, 0) is 20.6 Å². The minimum atomic E-state index is -0.283. The summed E-state index contributed by atoms with van der Waals surface area (Å²) in [7, 11) is 0. The summed E-state index contributed by atoms with van der Waals surface area (Å²) in [6.45, 7) is 6.75. The van der Waals surface area contributed by atoms with Crippen LogP contribution in [0.25, 0.3) is 0 Å². The SMILES string of the molecule is CC(C)(C)C(O)CCO[C](=[Cr])C1CC1. The topological polar surface area (TPSA) is 29.5 Å². The van der Waals surface area contributed by atoms with Crippen LogP contribution in [0.5, 0.6) is 0 Å². The molecule has 0 spiro atoms. The summed E-state index contributed by atoms with van der Waals surface area (Å²) < 4.78 is 6.57. The Hall–Kier alpha value is 0.322. The second-order valence-corrected chi connectivity index (χ2v) is 5.74. The fraction of sp³-hybridized carbons (Fsp3) is 0.909. The third-order valence-electron chi connectivity index (χ3n) is 2.55. The molecule has 14 heavy (non-hydrogen) atoms. The first kappa shape index (κ1) is 12.4. The number of ether oxygens (including phenoxy) is 1. The standard InChI is InChI=1S/C11H20O2.Cr/c1-11(2,3)10(12)6-7-13-8-9-4-5-9;/h9-10,12H,4-7H2,1-3H3;.